The van der Waals surface area contributed by atoms with Crippen molar-refractivity contribution in [2.45, 2.75) is 13.8 Å². The van der Waals surface area contributed by atoms with E-state index >= 15 is 0 Å². The highest BCUT2D eigenvalue weighted by Crippen LogP contribution is 2.28. The first kappa shape index (κ1) is 11.7. The van der Waals surface area contributed by atoms with Crippen molar-refractivity contribution in [2.75, 3.05) is 0 Å². The summed E-state index contributed by atoms with van der Waals surface area (Å²) in [5.74, 6) is 0.129. The predicted molar refractivity (Wildman–Crippen MR) is 62.7 cm³/mol. The lowest BCUT2D eigenvalue weighted by molar-refractivity contribution is 0.0750. The average Bonchev–Trinajstić information content (AvgIpc) is 2.75. The van der Waals surface area contributed by atoms with Crippen LogP contribution in [-0.2, 0) is 4.29 Å². The molecule has 17 heavy (non-hydrogen) atoms. The molecule has 0 N–H and O–H groups in total. The second kappa shape index (κ2) is 4.59. The van der Waals surface area contributed by atoms with Gasteiger partial charge in [-0.1, -0.05) is 17.3 Å². The van der Waals surface area contributed by atoms with Crippen molar-refractivity contribution in [3.63, 3.8) is 0 Å². The summed E-state index contributed by atoms with van der Waals surface area (Å²) in [6, 6.07) is 5.31. The van der Waals surface area contributed by atoms with Crippen molar-refractivity contribution < 1.29 is 13.6 Å². The van der Waals surface area contributed by atoms with Crippen LogP contribution in [0.25, 0.3) is 11.1 Å². The Bertz CT molecular complexity index is 563. The van der Waals surface area contributed by atoms with Crippen LogP contribution in [0.15, 0.2) is 28.9 Å². The van der Waals surface area contributed by atoms with Crippen LogP contribution in [0.1, 0.15) is 21.7 Å². The highest BCUT2D eigenvalue weighted by molar-refractivity contribution is 6.16. The molecule has 88 valence electrons. The molecule has 0 saturated heterocycles. The third-order valence-electron chi connectivity index (χ3n) is 2.66. The van der Waals surface area contributed by atoms with E-state index in [1.807, 2.05) is 19.9 Å². The molecule has 0 aliphatic heterocycles. The van der Waals surface area contributed by atoms with E-state index in [9.17, 15) is 4.79 Å². The van der Waals surface area contributed by atoms with Crippen LogP contribution in [0.4, 0.5) is 0 Å². The minimum atomic E-state index is -0.569. The van der Waals surface area contributed by atoms with Gasteiger partial charge >= 0.3 is 5.97 Å². The Hall–Kier alpha value is -1.81. The molecule has 0 bridgehead atoms. The van der Waals surface area contributed by atoms with Crippen molar-refractivity contribution in [2.24, 2.45) is 0 Å². The number of nitrogens with zero attached hydrogens (tertiary/aromatic N) is 1. The molecule has 1 aromatic heterocycles. The number of halogens is 1. The van der Waals surface area contributed by atoms with E-state index < -0.39 is 5.97 Å². The quantitative estimate of drug-likeness (QED) is 0.822. The van der Waals surface area contributed by atoms with Gasteiger partial charge in [-0.2, -0.15) is 0 Å². The molecule has 0 saturated carbocycles. The van der Waals surface area contributed by atoms with Crippen LogP contribution < -0.4 is 0 Å². The summed E-state index contributed by atoms with van der Waals surface area (Å²) in [5.41, 5.74) is 2.94. The van der Waals surface area contributed by atoms with Gasteiger partial charge in [0.25, 0.3) is 0 Å². The Morgan fingerprint density at radius 3 is 2.71 bits per heavy atom. The Kier molecular flexibility index (Phi) is 3.15. The molecule has 2 aromatic rings. The van der Waals surface area contributed by atoms with E-state index in [1.54, 1.807) is 18.3 Å². The number of hydrogen-bond acceptors (Lipinski definition) is 4. The molecule has 5 heteroatoms. The number of aromatic nitrogens is 1. The summed E-state index contributed by atoms with van der Waals surface area (Å²) in [7, 11) is 0. The zero-order valence-corrected chi connectivity index (χ0v) is 10.1. The van der Waals surface area contributed by atoms with E-state index in [0.29, 0.717) is 11.3 Å². The molecular weight excluding hydrogens is 242 g/mol. The number of carbonyl (C=O) groups is 1. The Balaban J connectivity index is 2.57. The fourth-order valence-electron chi connectivity index (χ4n) is 1.75. The molecular formula is C12H10ClNO3. The molecule has 1 heterocycles. The molecule has 4 nitrogen and oxygen atoms in total. The maximum absolute atomic E-state index is 11.4. The smallest absolute Gasteiger partial charge is 0.356 e. The highest BCUT2D eigenvalue weighted by atomic mass is 35.5. The Morgan fingerprint density at radius 2 is 2.12 bits per heavy atom. The molecule has 0 radical (unpaired) electrons. The fourth-order valence-corrected chi connectivity index (χ4v) is 1.83. The maximum atomic E-state index is 11.4. The minimum absolute atomic E-state index is 0.429. The van der Waals surface area contributed by atoms with Gasteiger partial charge in [0.05, 0.1) is 11.8 Å². The van der Waals surface area contributed by atoms with Crippen molar-refractivity contribution in [1.29, 1.82) is 0 Å². The van der Waals surface area contributed by atoms with Gasteiger partial charge in [-0.3, -0.25) is 0 Å². The fraction of sp³-hybridized carbons (Fsp3) is 0.167. The molecule has 0 aliphatic carbocycles. The largest absolute Gasteiger partial charge is 0.361 e. The van der Waals surface area contributed by atoms with Gasteiger partial charge in [0, 0.05) is 5.56 Å². The summed E-state index contributed by atoms with van der Waals surface area (Å²) in [6.45, 7) is 3.64. The zero-order valence-electron chi connectivity index (χ0n) is 9.36. The minimum Gasteiger partial charge on any atom is -0.361 e. The van der Waals surface area contributed by atoms with Crippen LogP contribution in [0, 0.1) is 13.8 Å². The van der Waals surface area contributed by atoms with Crippen LogP contribution in [-0.4, -0.2) is 11.1 Å². The standard InChI is InChI=1S/C12H10ClNO3/c1-7-9(11-6-14-17-8(11)2)4-3-5-10(7)12(15)16-13/h3-6H,1-2H3. The number of benzene rings is 1. The van der Waals surface area contributed by atoms with E-state index in [2.05, 4.69) is 9.45 Å². The molecule has 1 aromatic carbocycles. The van der Waals surface area contributed by atoms with Gasteiger partial charge in [0.1, 0.15) is 17.6 Å². The van der Waals surface area contributed by atoms with E-state index in [-0.39, 0.29) is 0 Å². The number of rotatable bonds is 2. The summed E-state index contributed by atoms with van der Waals surface area (Å²) in [6.07, 6.45) is 1.62. The van der Waals surface area contributed by atoms with E-state index in [1.165, 1.54) is 0 Å². The van der Waals surface area contributed by atoms with Gasteiger partial charge < -0.3 is 8.81 Å². The third kappa shape index (κ3) is 2.03. The zero-order chi connectivity index (χ0) is 12.4. The molecule has 0 fully saturated rings. The van der Waals surface area contributed by atoms with Crippen LogP contribution in [0.3, 0.4) is 0 Å². The van der Waals surface area contributed by atoms with Crippen molar-refractivity contribution in [3.05, 3.63) is 41.3 Å². The molecule has 0 unspecified atom stereocenters. The molecule has 0 aliphatic rings. The summed E-state index contributed by atoms with van der Waals surface area (Å²) >= 11 is 5.09. The molecule has 0 amide bonds. The first-order chi connectivity index (χ1) is 8.15. The average molecular weight is 252 g/mol. The first-order valence-electron chi connectivity index (χ1n) is 4.99. The summed E-state index contributed by atoms with van der Waals surface area (Å²) < 4.78 is 9.22. The van der Waals surface area contributed by atoms with Crippen LogP contribution in [0.5, 0.6) is 0 Å². The topological polar surface area (TPSA) is 52.3 Å². The van der Waals surface area contributed by atoms with Crippen molar-refractivity contribution >= 4 is 17.8 Å². The molecule has 2 rings (SSSR count). The van der Waals surface area contributed by atoms with Gasteiger partial charge in [-0.05, 0) is 31.0 Å². The van der Waals surface area contributed by atoms with Gasteiger partial charge in [-0.15, -0.1) is 0 Å². The Morgan fingerprint density at radius 1 is 1.35 bits per heavy atom. The van der Waals surface area contributed by atoms with Gasteiger partial charge in [0.2, 0.25) is 0 Å². The second-order valence-electron chi connectivity index (χ2n) is 3.64. The maximum Gasteiger partial charge on any atom is 0.356 e. The first-order valence-corrected chi connectivity index (χ1v) is 5.30. The normalized spacial score (nSPS) is 10.3. The monoisotopic (exact) mass is 251 g/mol. The third-order valence-corrected chi connectivity index (χ3v) is 2.80. The van der Waals surface area contributed by atoms with E-state index in [4.69, 9.17) is 16.4 Å². The summed E-state index contributed by atoms with van der Waals surface area (Å²) in [5, 5.41) is 3.72. The van der Waals surface area contributed by atoms with E-state index in [0.717, 1.165) is 16.7 Å². The Labute approximate surface area is 103 Å². The second-order valence-corrected chi connectivity index (χ2v) is 3.79. The SMILES string of the molecule is Cc1oncc1-c1cccc(C(=O)OCl)c1C. The van der Waals surface area contributed by atoms with Crippen LogP contribution in [0.2, 0.25) is 0 Å². The lowest BCUT2D eigenvalue weighted by atomic mass is 9.97. The van der Waals surface area contributed by atoms with Gasteiger partial charge in [-0.25, -0.2) is 4.79 Å². The molecule has 0 atom stereocenters. The predicted octanol–water partition coefficient (Wildman–Crippen LogP) is 3.27. The number of hydrogen-bond donors (Lipinski definition) is 0. The number of carbonyl (C=O) groups excluding carboxylic acids is 1. The lowest BCUT2D eigenvalue weighted by Crippen LogP contribution is -2.02. The summed E-state index contributed by atoms with van der Waals surface area (Å²) in [4.78, 5) is 11.4. The van der Waals surface area contributed by atoms with Crippen molar-refractivity contribution in [1.82, 2.24) is 5.16 Å². The lowest BCUT2D eigenvalue weighted by Gasteiger charge is -2.07. The van der Waals surface area contributed by atoms with Crippen LogP contribution >= 0.6 is 11.9 Å². The highest BCUT2D eigenvalue weighted by Gasteiger charge is 2.16. The van der Waals surface area contributed by atoms with Gasteiger partial charge in [0.15, 0.2) is 0 Å². The number of aryl methyl sites for hydroxylation is 1. The van der Waals surface area contributed by atoms with Crippen molar-refractivity contribution in [3.8, 4) is 11.1 Å². The molecule has 0 spiro atoms.